The third-order valence-electron chi connectivity index (χ3n) is 2.10. The van der Waals surface area contributed by atoms with E-state index in [1.807, 2.05) is 22.9 Å². The predicted molar refractivity (Wildman–Crippen MR) is 60.9 cm³/mol. The number of hydrogen-bond donors (Lipinski definition) is 0. The first-order valence-electron chi connectivity index (χ1n) is 4.44. The van der Waals surface area contributed by atoms with Crippen LogP contribution in [0.3, 0.4) is 0 Å². The molecule has 0 aliphatic carbocycles. The second-order valence-corrected chi connectivity index (χ2v) is 3.59. The van der Waals surface area contributed by atoms with E-state index in [1.165, 1.54) is 0 Å². The smallest absolute Gasteiger partial charge is 0.0991 e. The van der Waals surface area contributed by atoms with Gasteiger partial charge in [0, 0.05) is 11.5 Å². The minimum atomic E-state index is 0.659. The monoisotopic (exact) mass is 261 g/mol. The predicted octanol–water partition coefficient (Wildman–Crippen LogP) is 2.64. The van der Waals surface area contributed by atoms with Gasteiger partial charge in [0.2, 0.25) is 0 Å². The molecule has 0 N–H and O–H groups in total. The van der Waals surface area contributed by atoms with E-state index in [2.05, 4.69) is 27.1 Å². The fourth-order valence-electron chi connectivity index (χ4n) is 1.34. The number of aromatic nitrogens is 2. The number of benzene rings is 1. The van der Waals surface area contributed by atoms with Crippen molar-refractivity contribution >= 4 is 15.9 Å². The summed E-state index contributed by atoms with van der Waals surface area (Å²) < 4.78 is 1.84. The largest absolute Gasteiger partial charge is 0.237 e. The summed E-state index contributed by atoms with van der Waals surface area (Å²) in [5.41, 5.74) is 2.71. The van der Waals surface area contributed by atoms with Gasteiger partial charge in [0.1, 0.15) is 0 Å². The number of nitriles is 1. The van der Waals surface area contributed by atoms with Crippen molar-refractivity contribution in [3.8, 4) is 11.8 Å². The Balaban J connectivity index is 2.42. The molecule has 0 amide bonds. The Kier molecular flexibility index (Phi) is 2.84. The highest BCUT2D eigenvalue weighted by Gasteiger charge is 2.02. The van der Waals surface area contributed by atoms with Gasteiger partial charge in [-0.25, -0.2) is 4.68 Å². The van der Waals surface area contributed by atoms with Crippen LogP contribution in [-0.2, 0) is 5.33 Å². The minimum Gasteiger partial charge on any atom is -0.237 e. The molecule has 2 rings (SSSR count). The summed E-state index contributed by atoms with van der Waals surface area (Å²) in [5.74, 6) is 0. The van der Waals surface area contributed by atoms with E-state index in [9.17, 15) is 0 Å². The third kappa shape index (κ3) is 1.92. The Morgan fingerprint density at radius 3 is 2.60 bits per heavy atom. The molecule has 1 heterocycles. The van der Waals surface area contributed by atoms with Gasteiger partial charge < -0.3 is 0 Å². The maximum Gasteiger partial charge on any atom is 0.0991 e. The van der Waals surface area contributed by atoms with Crippen LogP contribution < -0.4 is 0 Å². The highest BCUT2D eigenvalue weighted by molar-refractivity contribution is 9.08. The average Bonchev–Trinajstić information content (AvgIpc) is 2.77. The van der Waals surface area contributed by atoms with Crippen LogP contribution in [0.4, 0.5) is 0 Å². The lowest BCUT2D eigenvalue weighted by molar-refractivity contribution is 0.843. The SMILES string of the molecule is N#Cc1ccc(-n2nccc2CBr)cc1. The number of halogens is 1. The van der Waals surface area contributed by atoms with Gasteiger partial charge >= 0.3 is 0 Å². The van der Waals surface area contributed by atoms with Crippen LogP contribution in [0.25, 0.3) is 5.69 Å². The van der Waals surface area contributed by atoms with Crippen molar-refractivity contribution in [2.24, 2.45) is 0 Å². The van der Waals surface area contributed by atoms with Gasteiger partial charge in [-0.3, -0.25) is 0 Å². The molecule has 1 aromatic carbocycles. The highest BCUT2D eigenvalue weighted by Crippen LogP contribution is 2.13. The van der Waals surface area contributed by atoms with Crippen LogP contribution in [0.15, 0.2) is 36.5 Å². The second kappa shape index (κ2) is 4.28. The van der Waals surface area contributed by atoms with E-state index >= 15 is 0 Å². The quantitative estimate of drug-likeness (QED) is 0.780. The summed E-state index contributed by atoms with van der Waals surface area (Å²) in [6.07, 6.45) is 1.76. The molecule has 0 radical (unpaired) electrons. The van der Waals surface area contributed by atoms with Crippen LogP contribution >= 0.6 is 15.9 Å². The first-order valence-corrected chi connectivity index (χ1v) is 5.56. The molecule has 0 aliphatic rings. The topological polar surface area (TPSA) is 41.6 Å². The van der Waals surface area contributed by atoms with Gasteiger partial charge in [-0.1, -0.05) is 15.9 Å². The summed E-state index contributed by atoms with van der Waals surface area (Å²) in [5, 5.41) is 13.7. The zero-order valence-corrected chi connectivity index (χ0v) is 9.48. The minimum absolute atomic E-state index is 0.659. The molecule has 4 heteroatoms. The fourth-order valence-corrected chi connectivity index (χ4v) is 1.77. The molecule has 0 bridgehead atoms. The second-order valence-electron chi connectivity index (χ2n) is 3.03. The summed E-state index contributed by atoms with van der Waals surface area (Å²) in [6, 6.07) is 11.4. The summed E-state index contributed by atoms with van der Waals surface area (Å²) in [4.78, 5) is 0. The van der Waals surface area contributed by atoms with Crippen molar-refractivity contribution in [1.29, 1.82) is 5.26 Å². The van der Waals surface area contributed by atoms with Crippen LogP contribution in [0.1, 0.15) is 11.3 Å². The molecule has 74 valence electrons. The van der Waals surface area contributed by atoms with Crippen molar-refractivity contribution in [3.63, 3.8) is 0 Å². The molecule has 2 aromatic rings. The molecule has 0 fully saturated rings. The maximum absolute atomic E-state index is 8.68. The van der Waals surface area contributed by atoms with Crippen molar-refractivity contribution in [2.45, 2.75) is 5.33 Å². The molecule has 0 unspecified atom stereocenters. The molecule has 0 spiro atoms. The first kappa shape index (κ1) is 9.94. The van der Waals surface area contributed by atoms with Gasteiger partial charge in [-0.2, -0.15) is 10.4 Å². The normalized spacial score (nSPS) is 9.87. The summed E-state index contributed by atoms with van der Waals surface area (Å²) in [7, 11) is 0. The van der Waals surface area contributed by atoms with Gasteiger partial charge in [-0.05, 0) is 30.3 Å². The van der Waals surface area contributed by atoms with Gasteiger partial charge in [0.05, 0.1) is 23.0 Å². The van der Waals surface area contributed by atoms with E-state index in [0.29, 0.717) is 5.56 Å². The maximum atomic E-state index is 8.68. The van der Waals surface area contributed by atoms with E-state index < -0.39 is 0 Å². The van der Waals surface area contributed by atoms with E-state index in [1.54, 1.807) is 18.3 Å². The van der Waals surface area contributed by atoms with Gasteiger partial charge in [0.15, 0.2) is 0 Å². The third-order valence-corrected chi connectivity index (χ3v) is 2.67. The molecule has 3 nitrogen and oxygen atoms in total. The van der Waals surface area contributed by atoms with E-state index in [4.69, 9.17) is 5.26 Å². The number of alkyl halides is 1. The van der Waals surface area contributed by atoms with E-state index in [-0.39, 0.29) is 0 Å². The number of hydrogen-bond acceptors (Lipinski definition) is 2. The molecule has 1 aromatic heterocycles. The first-order chi connectivity index (χ1) is 7.35. The van der Waals surface area contributed by atoms with Crippen molar-refractivity contribution < 1.29 is 0 Å². The lowest BCUT2D eigenvalue weighted by atomic mass is 10.2. The van der Waals surface area contributed by atoms with Crippen molar-refractivity contribution in [2.75, 3.05) is 0 Å². The average molecular weight is 262 g/mol. The number of nitrogens with zero attached hydrogens (tertiary/aromatic N) is 3. The Morgan fingerprint density at radius 2 is 2.00 bits per heavy atom. The van der Waals surface area contributed by atoms with Crippen molar-refractivity contribution in [3.05, 3.63) is 47.8 Å². The lowest BCUT2D eigenvalue weighted by Crippen LogP contribution is -1.99. The molecular weight excluding hydrogens is 254 g/mol. The van der Waals surface area contributed by atoms with Crippen LogP contribution in [0.2, 0.25) is 0 Å². The molecule has 0 saturated heterocycles. The van der Waals surface area contributed by atoms with E-state index in [0.717, 1.165) is 16.7 Å². The molecular formula is C11H8BrN3. The fraction of sp³-hybridized carbons (Fsp3) is 0.0909. The number of rotatable bonds is 2. The Bertz CT molecular complexity index is 493. The molecule has 0 aliphatic heterocycles. The molecule has 0 atom stereocenters. The lowest BCUT2D eigenvalue weighted by Gasteiger charge is -2.04. The standard InChI is InChI=1S/C11H8BrN3/c12-7-11-5-6-14-15(11)10-3-1-9(8-13)2-4-10/h1-6H,7H2. The zero-order chi connectivity index (χ0) is 10.7. The van der Waals surface area contributed by atoms with Gasteiger partial charge in [-0.15, -0.1) is 0 Å². The Labute approximate surface area is 96.1 Å². The Morgan fingerprint density at radius 1 is 1.27 bits per heavy atom. The summed E-state index contributed by atoms with van der Waals surface area (Å²) in [6.45, 7) is 0. The Hall–Kier alpha value is -1.60. The molecule has 15 heavy (non-hydrogen) atoms. The summed E-state index contributed by atoms with van der Waals surface area (Å²) >= 11 is 3.40. The van der Waals surface area contributed by atoms with Crippen LogP contribution in [0.5, 0.6) is 0 Å². The zero-order valence-electron chi connectivity index (χ0n) is 7.89. The van der Waals surface area contributed by atoms with Crippen LogP contribution in [0, 0.1) is 11.3 Å². The molecule has 0 saturated carbocycles. The van der Waals surface area contributed by atoms with Gasteiger partial charge in [0.25, 0.3) is 0 Å². The van der Waals surface area contributed by atoms with Crippen LogP contribution in [-0.4, -0.2) is 9.78 Å². The highest BCUT2D eigenvalue weighted by atomic mass is 79.9. The van der Waals surface area contributed by atoms with Crippen molar-refractivity contribution in [1.82, 2.24) is 9.78 Å².